The largest absolute Gasteiger partial charge is 0.0883 e. The molecule has 1 fully saturated rings. The molecule has 0 amide bonds. The summed E-state index contributed by atoms with van der Waals surface area (Å²) in [5.74, 6) is 3.95. The first-order chi connectivity index (χ1) is 6.77. The monoisotopic (exact) mass is 192 g/mol. The summed E-state index contributed by atoms with van der Waals surface area (Å²) in [4.78, 5) is 0. The molecule has 4 atom stereocenters. The molecule has 80 valence electrons. The van der Waals surface area contributed by atoms with Gasteiger partial charge in [0, 0.05) is 0 Å². The van der Waals surface area contributed by atoms with E-state index in [0.29, 0.717) is 0 Å². The van der Waals surface area contributed by atoms with Gasteiger partial charge < -0.3 is 0 Å². The van der Waals surface area contributed by atoms with Crippen LogP contribution in [0.2, 0.25) is 0 Å². The minimum Gasteiger partial charge on any atom is -0.0883 e. The van der Waals surface area contributed by atoms with Gasteiger partial charge in [0.05, 0.1) is 0 Å². The average molecular weight is 192 g/mol. The second-order valence-corrected chi connectivity index (χ2v) is 5.62. The smallest absolute Gasteiger partial charge is 0.0319 e. The Balaban J connectivity index is 2.07. The van der Waals surface area contributed by atoms with Crippen molar-refractivity contribution in [2.24, 2.45) is 23.7 Å². The van der Waals surface area contributed by atoms with Crippen LogP contribution in [0, 0.1) is 23.7 Å². The minimum atomic E-state index is 0.916. The zero-order valence-electron chi connectivity index (χ0n) is 9.71. The second-order valence-electron chi connectivity index (χ2n) is 5.62. The van der Waals surface area contributed by atoms with Crippen molar-refractivity contribution < 1.29 is 0 Å². The fraction of sp³-hybridized carbons (Fsp3) is 0.857. The van der Waals surface area contributed by atoms with E-state index in [0.717, 1.165) is 23.7 Å². The number of hydrogen-bond donors (Lipinski definition) is 0. The molecule has 0 aromatic carbocycles. The van der Waals surface area contributed by atoms with Crippen molar-refractivity contribution >= 4 is 0 Å². The number of hydrogen-bond acceptors (Lipinski definition) is 0. The van der Waals surface area contributed by atoms with Gasteiger partial charge in [-0.3, -0.25) is 0 Å². The molecule has 2 rings (SSSR count). The van der Waals surface area contributed by atoms with Gasteiger partial charge in [0.2, 0.25) is 0 Å². The highest BCUT2D eigenvalue weighted by molar-refractivity contribution is 4.93. The fourth-order valence-corrected chi connectivity index (χ4v) is 3.47. The molecule has 0 nitrogen and oxygen atoms in total. The molecule has 2 aliphatic carbocycles. The Bertz CT molecular complexity index is 204. The highest BCUT2D eigenvalue weighted by atomic mass is 14.4. The fourth-order valence-electron chi connectivity index (χ4n) is 3.47. The topological polar surface area (TPSA) is 0 Å². The molecule has 14 heavy (non-hydrogen) atoms. The molecule has 0 bridgehead atoms. The maximum Gasteiger partial charge on any atom is -0.0319 e. The van der Waals surface area contributed by atoms with Crippen LogP contribution in [0.15, 0.2) is 12.2 Å². The van der Waals surface area contributed by atoms with Crippen LogP contribution in [-0.4, -0.2) is 0 Å². The van der Waals surface area contributed by atoms with E-state index in [4.69, 9.17) is 0 Å². The maximum absolute atomic E-state index is 2.48. The van der Waals surface area contributed by atoms with Crippen LogP contribution in [0.5, 0.6) is 0 Å². The summed E-state index contributed by atoms with van der Waals surface area (Å²) in [6, 6.07) is 0. The minimum absolute atomic E-state index is 0.916. The third-order valence-electron chi connectivity index (χ3n) is 4.39. The molecule has 0 saturated heterocycles. The van der Waals surface area contributed by atoms with Crippen LogP contribution < -0.4 is 0 Å². The van der Waals surface area contributed by atoms with E-state index in [1.807, 2.05) is 0 Å². The van der Waals surface area contributed by atoms with Crippen LogP contribution in [0.4, 0.5) is 0 Å². The van der Waals surface area contributed by atoms with Crippen molar-refractivity contribution in [1.82, 2.24) is 0 Å². The Hall–Kier alpha value is -0.260. The van der Waals surface area contributed by atoms with Gasteiger partial charge in [-0.05, 0) is 49.4 Å². The van der Waals surface area contributed by atoms with Crippen molar-refractivity contribution in [1.29, 1.82) is 0 Å². The van der Waals surface area contributed by atoms with Crippen LogP contribution in [0.1, 0.15) is 52.4 Å². The summed E-state index contributed by atoms with van der Waals surface area (Å²) >= 11 is 0. The lowest BCUT2D eigenvalue weighted by atomic mass is 9.67. The molecule has 0 heteroatoms. The highest BCUT2D eigenvalue weighted by Crippen LogP contribution is 2.41. The van der Waals surface area contributed by atoms with Gasteiger partial charge in [0.1, 0.15) is 0 Å². The van der Waals surface area contributed by atoms with Crippen molar-refractivity contribution in [3.63, 3.8) is 0 Å². The molecule has 2 aliphatic rings. The molecule has 0 aromatic heterocycles. The van der Waals surface area contributed by atoms with Gasteiger partial charge in [0.15, 0.2) is 0 Å². The first-order valence-electron chi connectivity index (χ1n) is 6.42. The first-order valence-corrected chi connectivity index (χ1v) is 6.42. The molecule has 0 aromatic rings. The first kappa shape index (κ1) is 10.3. The molecular weight excluding hydrogens is 168 g/mol. The standard InChI is InChI=1S/C14H24/c1-11-6-3-4-8-13-9-5-7-12(2)14(13)10-11/h3-4,11-14H,5-10H2,1-2H3/b4-3-. The summed E-state index contributed by atoms with van der Waals surface area (Å²) in [7, 11) is 0. The van der Waals surface area contributed by atoms with Crippen LogP contribution in [0.25, 0.3) is 0 Å². The normalized spacial score (nSPS) is 46.1. The zero-order chi connectivity index (χ0) is 9.97. The quantitative estimate of drug-likeness (QED) is 0.499. The summed E-state index contributed by atoms with van der Waals surface area (Å²) in [6.45, 7) is 4.91. The summed E-state index contributed by atoms with van der Waals surface area (Å²) in [6.07, 6.45) is 13.5. The van der Waals surface area contributed by atoms with Crippen LogP contribution in [0.3, 0.4) is 0 Å². The van der Waals surface area contributed by atoms with E-state index < -0.39 is 0 Å². The van der Waals surface area contributed by atoms with Gasteiger partial charge in [-0.25, -0.2) is 0 Å². The predicted molar refractivity (Wildman–Crippen MR) is 62.2 cm³/mol. The second kappa shape index (κ2) is 4.51. The van der Waals surface area contributed by atoms with E-state index in [2.05, 4.69) is 26.0 Å². The van der Waals surface area contributed by atoms with Crippen LogP contribution in [-0.2, 0) is 0 Å². The van der Waals surface area contributed by atoms with E-state index in [1.54, 1.807) is 0 Å². The van der Waals surface area contributed by atoms with Crippen molar-refractivity contribution in [2.45, 2.75) is 52.4 Å². The lowest BCUT2D eigenvalue weighted by Gasteiger charge is -2.38. The summed E-state index contributed by atoms with van der Waals surface area (Å²) in [5, 5.41) is 0. The maximum atomic E-state index is 2.48. The Morgan fingerprint density at radius 2 is 1.79 bits per heavy atom. The Morgan fingerprint density at radius 3 is 2.64 bits per heavy atom. The molecule has 0 spiro atoms. The van der Waals surface area contributed by atoms with Crippen molar-refractivity contribution in [2.75, 3.05) is 0 Å². The average Bonchev–Trinajstić information content (AvgIpc) is 2.14. The summed E-state index contributed by atoms with van der Waals surface area (Å²) in [5.41, 5.74) is 0. The third kappa shape index (κ3) is 2.21. The van der Waals surface area contributed by atoms with Gasteiger partial charge in [-0.2, -0.15) is 0 Å². The van der Waals surface area contributed by atoms with E-state index >= 15 is 0 Å². The lowest BCUT2D eigenvalue weighted by Crippen LogP contribution is -2.28. The van der Waals surface area contributed by atoms with Gasteiger partial charge in [-0.15, -0.1) is 0 Å². The highest BCUT2D eigenvalue weighted by Gasteiger charge is 2.31. The SMILES string of the molecule is CC1C/C=C\CC2CCCC(C)C2C1. The molecular formula is C14H24. The number of allylic oxidation sites excluding steroid dienone is 2. The van der Waals surface area contributed by atoms with Crippen molar-refractivity contribution in [3.05, 3.63) is 12.2 Å². The van der Waals surface area contributed by atoms with Gasteiger partial charge in [0.25, 0.3) is 0 Å². The molecule has 0 aliphatic heterocycles. The van der Waals surface area contributed by atoms with E-state index in [9.17, 15) is 0 Å². The Morgan fingerprint density at radius 1 is 1.00 bits per heavy atom. The predicted octanol–water partition coefficient (Wildman–Crippen LogP) is 4.42. The molecule has 1 saturated carbocycles. The zero-order valence-corrected chi connectivity index (χ0v) is 9.71. The number of rotatable bonds is 0. The molecule has 0 heterocycles. The van der Waals surface area contributed by atoms with Crippen molar-refractivity contribution in [3.8, 4) is 0 Å². The number of fused-ring (bicyclic) bond motifs is 1. The Labute approximate surface area is 88.8 Å². The van der Waals surface area contributed by atoms with E-state index in [1.165, 1.54) is 38.5 Å². The summed E-state index contributed by atoms with van der Waals surface area (Å²) < 4.78 is 0. The molecule has 0 N–H and O–H groups in total. The third-order valence-corrected chi connectivity index (χ3v) is 4.39. The molecule has 0 radical (unpaired) electrons. The van der Waals surface area contributed by atoms with Gasteiger partial charge >= 0.3 is 0 Å². The molecule has 4 unspecified atom stereocenters. The van der Waals surface area contributed by atoms with E-state index in [-0.39, 0.29) is 0 Å². The lowest BCUT2D eigenvalue weighted by molar-refractivity contribution is 0.135. The Kier molecular flexibility index (Phi) is 3.30. The van der Waals surface area contributed by atoms with Crippen LogP contribution >= 0.6 is 0 Å². The van der Waals surface area contributed by atoms with Gasteiger partial charge in [-0.1, -0.05) is 38.8 Å².